The zero-order valence-electron chi connectivity index (χ0n) is 10.1. The van der Waals surface area contributed by atoms with Crippen LogP contribution in [-0.2, 0) is 10.2 Å². The van der Waals surface area contributed by atoms with Crippen LogP contribution < -0.4 is 11.1 Å². The molecular formula is C13H18N2O3. The second-order valence-electron chi connectivity index (χ2n) is 4.80. The van der Waals surface area contributed by atoms with Crippen LogP contribution in [0.3, 0.4) is 0 Å². The summed E-state index contributed by atoms with van der Waals surface area (Å²) < 4.78 is 0. The van der Waals surface area contributed by atoms with Crippen LogP contribution in [0.2, 0.25) is 0 Å². The summed E-state index contributed by atoms with van der Waals surface area (Å²) in [5, 5.41) is 21.5. The van der Waals surface area contributed by atoms with Gasteiger partial charge in [0.2, 0.25) is 0 Å². The zero-order chi connectivity index (χ0) is 13.2. The Labute approximate surface area is 106 Å². The Bertz CT molecular complexity index is 446. The van der Waals surface area contributed by atoms with Crippen molar-refractivity contribution in [2.75, 3.05) is 18.5 Å². The van der Waals surface area contributed by atoms with Gasteiger partial charge in [-0.2, -0.15) is 0 Å². The summed E-state index contributed by atoms with van der Waals surface area (Å²) in [7, 11) is 0. The van der Waals surface area contributed by atoms with Crippen molar-refractivity contribution < 1.29 is 15.0 Å². The molecule has 1 aromatic carbocycles. The van der Waals surface area contributed by atoms with E-state index in [1.165, 1.54) is 0 Å². The number of nitrogens with two attached hydrogens (primary N) is 1. The number of nitrogens with one attached hydrogen (secondary N) is 1. The van der Waals surface area contributed by atoms with Gasteiger partial charge in [0.25, 0.3) is 0 Å². The average Bonchev–Trinajstić information content (AvgIpc) is 2.69. The van der Waals surface area contributed by atoms with Crippen LogP contribution in [0.25, 0.3) is 0 Å². The van der Waals surface area contributed by atoms with Crippen molar-refractivity contribution in [3.8, 4) is 0 Å². The van der Waals surface area contributed by atoms with Crippen molar-refractivity contribution in [2.45, 2.75) is 24.3 Å². The number of benzene rings is 1. The van der Waals surface area contributed by atoms with Gasteiger partial charge < -0.3 is 21.3 Å². The number of aliphatic hydroxyl groups excluding tert-OH is 1. The van der Waals surface area contributed by atoms with E-state index in [4.69, 9.17) is 10.8 Å². The quantitative estimate of drug-likeness (QED) is 0.611. The first-order chi connectivity index (χ1) is 8.59. The fourth-order valence-electron chi connectivity index (χ4n) is 2.69. The highest BCUT2D eigenvalue weighted by atomic mass is 16.4. The number of carboxylic acid groups (broad SMARTS) is 1. The third-order valence-corrected chi connectivity index (χ3v) is 3.63. The number of carboxylic acids is 1. The molecule has 2 unspecified atom stereocenters. The average molecular weight is 250 g/mol. The largest absolute Gasteiger partial charge is 0.480 e. The van der Waals surface area contributed by atoms with E-state index in [2.05, 4.69) is 5.32 Å². The number of rotatable bonds is 5. The van der Waals surface area contributed by atoms with Crippen LogP contribution in [0.4, 0.5) is 5.69 Å². The molecule has 1 aromatic rings. The molecule has 0 spiro atoms. The molecule has 0 saturated heterocycles. The first-order valence-corrected chi connectivity index (χ1v) is 6.02. The van der Waals surface area contributed by atoms with E-state index in [1.807, 2.05) is 24.3 Å². The first kappa shape index (κ1) is 12.9. The minimum Gasteiger partial charge on any atom is -0.480 e. The molecule has 0 saturated carbocycles. The summed E-state index contributed by atoms with van der Waals surface area (Å²) in [6.07, 6.45) is 0.838. The maximum atomic E-state index is 10.9. The number of hydrogen-bond donors (Lipinski definition) is 4. The van der Waals surface area contributed by atoms with Gasteiger partial charge in [0.05, 0.1) is 0 Å². The molecule has 0 amide bonds. The number of carbonyl (C=O) groups is 1. The number of hydrogen-bond acceptors (Lipinski definition) is 4. The lowest BCUT2D eigenvalue weighted by Gasteiger charge is -2.30. The fraction of sp³-hybridized carbons (Fsp3) is 0.462. The number of anilines is 1. The molecule has 18 heavy (non-hydrogen) atoms. The van der Waals surface area contributed by atoms with Gasteiger partial charge in [0, 0.05) is 24.3 Å². The molecule has 98 valence electrons. The molecule has 1 aliphatic rings. The van der Waals surface area contributed by atoms with Crippen LogP contribution in [0.5, 0.6) is 0 Å². The highest BCUT2D eigenvalue weighted by Crippen LogP contribution is 2.42. The summed E-state index contributed by atoms with van der Waals surface area (Å²) in [6.45, 7) is 0.635. The Morgan fingerprint density at radius 2 is 2.22 bits per heavy atom. The van der Waals surface area contributed by atoms with Gasteiger partial charge in [-0.15, -0.1) is 0 Å². The molecular weight excluding hydrogens is 232 g/mol. The van der Waals surface area contributed by atoms with E-state index >= 15 is 0 Å². The molecule has 5 nitrogen and oxygen atoms in total. The number of fused-ring (bicyclic) bond motifs is 1. The molecule has 5 heteroatoms. The van der Waals surface area contributed by atoms with Crippen LogP contribution in [-0.4, -0.2) is 35.4 Å². The molecule has 2 atom stereocenters. The highest BCUT2D eigenvalue weighted by Gasteiger charge is 2.40. The Balaban J connectivity index is 2.32. The SMILES string of the molecule is NC(CC1(CCO)CNc2ccccc21)C(=O)O. The van der Waals surface area contributed by atoms with Crippen molar-refractivity contribution in [1.82, 2.24) is 0 Å². The number of para-hydroxylation sites is 1. The standard InChI is InChI=1S/C13H18N2O3/c14-10(12(17)18)7-13(5-6-16)8-15-11-4-2-1-3-9(11)13/h1-4,10,15-16H,5-8,14H2,(H,17,18). The highest BCUT2D eigenvalue weighted by molar-refractivity contribution is 5.74. The maximum Gasteiger partial charge on any atom is 0.320 e. The van der Waals surface area contributed by atoms with Gasteiger partial charge in [-0.05, 0) is 24.5 Å². The lowest BCUT2D eigenvalue weighted by molar-refractivity contribution is -0.139. The molecule has 2 rings (SSSR count). The molecule has 1 aliphatic heterocycles. The summed E-state index contributed by atoms with van der Waals surface area (Å²) in [6, 6.07) is 6.87. The molecule has 0 aromatic heterocycles. The molecule has 0 bridgehead atoms. The lowest BCUT2D eigenvalue weighted by atomic mass is 9.74. The predicted molar refractivity (Wildman–Crippen MR) is 68.5 cm³/mol. The lowest BCUT2D eigenvalue weighted by Crippen LogP contribution is -2.41. The maximum absolute atomic E-state index is 10.9. The van der Waals surface area contributed by atoms with Gasteiger partial charge >= 0.3 is 5.97 Å². The predicted octanol–water partition coefficient (Wildman–Crippen LogP) is 0.534. The molecule has 0 radical (unpaired) electrons. The summed E-state index contributed by atoms with van der Waals surface area (Å²) >= 11 is 0. The smallest absolute Gasteiger partial charge is 0.320 e. The van der Waals surface area contributed by atoms with E-state index in [0.29, 0.717) is 19.4 Å². The minimum atomic E-state index is -1.00. The van der Waals surface area contributed by atoms with Crippen LogP contribution in [0.15, 0.2) is 24.3 Å². The molecule has 1 heterocycles. The van der Waals surface area contributed by atoms with E-state index in [0.717, 1.165) is 11.3 Å². The van der Waals surface area contributed by atoms with E-state index in [9.17, 15) is 9.90 Å². The van der Waals surface area contributed by atoms with Gasteiger partial charge in [-0.25, -0.2) is 0 Å². The number of aliphatic carboxylic acids is 1. The summed E-state index contributed by atoms with van der Waals surface area (Å²) in [5.41, 5.74) is 7.33. The fourth-order valence-corrected chi connectivity index (χ4v) is 2.69. The second kappa shape index (κ2) is 4.96. The van der Waals surface area contributed by atoms with Gasteiger partial charge in [0.15, 0.2) is 0 Å². The monoisotopic (exact) mass is 250 g/mol. The number of aliphatic hydroxyl groups is 1. The summed E-state index contributed by atoms with van der Waals surface area (Å²) in [4.78, 5) is 10.9. The third kappa shape index (κ3) is 2.19. The molecule has 0 aliphatic carbocycles. The van der Waals surface area contributed by atoms with Crippen molar-refractivity contribution in [2.24, 2.45) is 5.73 Å². The van der Waals surface area contributed by atoms with Crippen LogP contribution >= 0.6 is 0 Å². The Morgan fingerprint density at radius 3 is 2.89 bits per heavy atom. The molecule has 5 N–H and O–H groups in total. The van der Waals surface area contributed by atoms with Crippen molar-refractivity contribution in [3.63, 3.8) is 0 Å². The Morgan fingerprint density at radius 1 is 1.50 bits per heavy atom. The van der Waals surface area contributed by atoms with Crippen molar-refractivity contribution in [1.29, 1.82) is 0 Å². The van der Waals surface area contributed by atoms with Crippen molar-refractivity contribution in [3.05, 3.63) is 29.8 Å². The van der Waals surface area contributed by atoms with E-state index < -0.39 is 12.0 Å². The zero-order valence-corrected chi connectivity index (χ0v) is 10.1. The van der Waals surface area contributed by atoms with E-state index in [1.54, 1.807) is 0 Å². The minimum absolute atomic E-state index is 0.0162. The third-order valence-electron chi connectivity index (χ3n) is 3.63. The summed E-state index contributed by atoms with van der Waals surface area (Å²) in [5.74, 6) is -1.00. The van der Waals surface area contributed by atoms with Crippen LogP contribution in [0.1, 0.15) is 18.4 Å². The molecule has 0 fully saturated rings. The van der Waals surface area contributed by atoms with E-state index in [-0.39, 0.29) is 12.0 Å². The van der Waals surface area contributed by atoms with Gasteiger partial charge in [0.1, 0.15) is 6.04 Å². The van der Waals surface area contributed by atoms with Gasteiger partial charge in [-0.3, -0.25) is 4.79 Å². The Kier molecular flexibility index (Phi) is 3.54. The van der Waals surface area contributed by atoms with Crippen molar-refractivity contribution >= 4 is 11.7 Å². The van der Waals surface area contributed by atoms with Gasteiger partial charge in [-0.1, -0.05) is 18.2 Å². The normalized spacial score (nSPS) is 23.2. The first-order valence-electron chi connectivity index (χ1n) is 6.02. The van der Waals surface area contributed by atoms with Crippen LogP contribution in [0, 0.1) is 0 Å². The Hall–Kier alpha value is -1.59. The second-order valence-corrected chi connectivity index (χ2v) is 4.80. The topological polar surface area (TPSA) is 95.6 Å².